The van der Waals surface area contributed by atoms with Gasteiger partial charge in [0.15, 0.2) is 0 Å². The zero-order valence-electron chi connectivity index (χ0n) is 15.0. The summed E-state index contributed by atoms with van der Waals surface area (Å²) in [6, 6.07) is 12.0. The Hall–Kier alpha value is -2.89. The molecule has 134 valence electrons. The fourth-order valence-corrected chi connectivity index (χ4v) is 3.64. The summed E-state index contributed by atoms with van der Waals surface area (Å²) < 4.78 is 3.87. The molecule has 0 radical (unpaired) electrons. The largest absolute Gasteiger partial charge is 0.338 e. The maximum Gasteiger partial charge on any atom is 0.274 e. The third-order valence-electron chi connectivity index (χ3n) is 4.98. The van der Waals surface area contributed by atoms with Gasteiger partial charge in [0.1, 0.15) is 11.5 Å². The summed E-state index contributed by atoms with van der Waals surface area (Å²) in [7, 11) is 2.01. The van der Waals surface area contributed by atoms with E-state index >= 15 is 0 Å². The van der Waals surface area contributed by atoms with Crippen molar-refractivity contribution in [3.05, 3.63) is 72.1 Å². The van der Waals surface area contributed by atoms with Crippen molar-refractivity contribution in [1.29, 1.82) is 0 Å². The van der Waals surface area contributed by atoms with Crippen LogP contribution in [0.1, 0.15) is 40.6 Å². The number of imidazole rings is 1. The average molecular weight is 349 g/mol. The molecule has 1 amide bonds. The number of amides is 1. The van der Waals surface area contributed by atoms with Crippen molar-refractivity contribution in [2.24, 2.45) is 7.05 Å². The lowest BCUT2D eigenvalue weighted by Gasteiger charge is -2.32. The second kappa shape index (κ2) is 7.15. The Morgan fingerprint density at radius 3 is 2.81 bits per heavy atom. The quantitative estimate of drug-likeness (QED) is 0.728. The molecule has 26 heavy (non-hydrogen) atoms. The van der Waals surface area contributed by atoms with Crippen molar-refractivity contribution in [2.75, 3.05) is 13.1 Å². The number of hydrogen-bond acceptors (Lipinski definition) is 3. The number of carbonyl (C=O) groups is 1. The maximum atomic E-state index is 12.9. The minimum atomic E-state index is 0.00993. The normalized spacial score (nSPS) is 17.4. The lowest BCUT2D eigenvalue weighted by atomic mass is 9.97. The van der Waals surface area contributed by atoms with Crippen molar-refractivity contribution >= 4 is 5.91 Å². The molecule has 3 heterocycles. The minimum absolute atomic E-state index is 0.00993. The highest BCUT2D eigenvalue weighted by atomic mass is 16.2. The van der Waals surface area contributed by atoms with Gasteiger partial charge in [-0.1, -0.05) is 30.3 Å². The molecule has 1 fully saturated rings. The van der Waals surface area contributed by atoms with Crippen LogP contribution in [0.2, 0.25) is 0 Å². The van der Waals surface area contributed by atoms with Gasteiger partial charge in [-0.25, -0.2) is 4.98 Å². The highest BCUT2D eigenvalue weighted by molar-refractivity contribution is 5.92. The zero-order chi connectivity index (χ0) is 17.9. The summed E-state index contributed by atoms with van der Waals surface area (Å²) >= 11 is 0. The van der Waals surface area contributed by atoms with E-state index in [4.69, 9.17) is 0 Å². The molecule has 1 atom stereocenters. The molecular weight excluding hydrogens is 326 g/mol. The first-order valence-electron chi connectivity index (χ1n) is 9.04. The van der Waals surface area contributed by atoms with Gasteiger partial charge in [-0.05, 0) is 24.5 Å². The van der Waals surface area contributed by atoms with Gasteiger partial charge >= 0.3 is 0 Å². The van der Waals surface area contributed by atoms with Crippen LogP contribution in [-0.4, -0.2) is 43.2 Å². The van der Waals surface area contributed by atoms with E-state index in [1.54, 1.807) is 0 Å². The van der Waals surface area contributed by atoms with Crippen LogP contribution in [0, 0.1) is 0 Å². The van der Waals surface area contributed by atoms with Crippen LogP contribution in [0.3, 0.4) is 0 Å². The second-order valence-corrected chi connectivity index (χ2v) is 6.87. The molecule has 6 nitrogen and oxygen atoms in total. The van der Waals surface area contributed by atoms with Crippen molar-refractivity contribution < 1.29 is 4.79 Å². The van der Waals surface area contributed by atoms with Gasteiger partial charge in [0.25, 0.3) is 5.91 Å². The Labute approximate surface area is 153 Å². The highest BCUT2D eigenvalue weighted by Crippen LogP contribution is 2.26. The summed E-state index contributed by atoms with van der Waals surface area (Å²) in [6.45, 7) is 2.16. The van der Waals surface area contributed by atoms with E-state index < -0.39 is 0 Å². The fraction of sp³-hybridized carbons (Fsp3) is 0.350. The van der Waals surface area contributed by atoms with Gasteiger partial charge in [-0.2, -0.15) is 5.10 Å². The van der Waals surface area contributed by atoms with Crippen molar-refractivity contribution in [3.8, 4) is 0 Å². The van der Waals surface area contributed by atoms with E-state index in [-0.39, 0.29) is 5.91 Å². The molecule has 1 aromatic carbocycles. The van der Waals surface area contributed by atoms with E-state index in [0.29, 0.717) is 24.7 Å². The second-order valence-electron chi connectivity index (χ2n) is 6.87. The van der Waals surface area contributed by atoms with Gasteiger partial charge in [0, 0.05) is 44.6 Å². The standard InChI is InChI=1S/C20H23N5O/c1-23-13-10-21-19(23)17-8-5-11-24(15-17)20(26)18-9-12-25(22-18)14-16-6-3-2-4-7-16/h2-4,6-7,9-10,12-13,17H,5,8,11,14-15H2,1H3. The Balaban J connectivity index is 1.45. The van der Waals surface area contributed by atoms with Gasteiger partial charge in [-0.3, -0.25) is 9.48 Å². The maximum absolute atomic E-state index is 12.9. The SMILES string of the molecule is Cn1ccnc1C1CCCN(C(=O)c2ccn(Cc3ccccc3)n2)C1. The smallest absolute Gasteiger partial charge is 0.274 e. The monoisotopic (exact) mass is 349 g/mol. The highest BCUT2D eigenvalue weighted by Gasteiger charge is 2.28. The Morgan fingerprint density at radius 1 is 1.19 bits per heavy atom. The predicted molar refractivity (Wildman–Crippen MR) is 98.9 cm³/mol. The molecule has 3 aromatic rings. The molecule has 2 aromatic heterocycles. The molecule has 0 aliphatic carbocycles. The molecule has 0 bridgehead atoms. The summed E-state index contributed by atoms with van der Waals surface area (Å²) in [5.74, 6) is 1.35. The van der Waals surface area contributed by atoms with Gasteiger partial charge < -0.3 is 9.47 Å². The van der Waals surface area contributed by atoms with Gasteiger partial charge in [-0.15, -0.1) is 0 Å². The van der Waals surface area contributed by atoms with E-state index in [0.717, 1.165) is 25.2 Å². The Morgan fingerprint density at radius 2 is 2.04 bits per heavy atom. The molecule has 1 saturated heterocycles. The van der Waals surface area contributed by atoms with Crippen LogP contribution in [0.5, 0.6) is 0 Å². The minimum Gasteiger partial charge on any atom is -0.338 e. The molecule has 4 rings (SSSR count). The Kier molecular flexibility index (Phi) is 4.56. The fourth-order valence-electron chi connectivity index (χ4n) is 3.64. The van der Waals surface area contributed by atoms with E-state index in [1.807, 2.05) is 64.1 Å². The third kappa shape index (κ3) is 3.40. The average Bonchev–Trinajstić information content (AvgIpc) is 3.31. The lowest BCUT2D eigenvalue weighted by molar-refractivity contribution is 0.0696. The van der Waals surface area contributed by atoms with Crippen LogP contribution in [0.15, 0.2) is 55.0 Å². The number of carbonyl (C=O) groups excluding carboxylic acids is 1. The number of nitrogens with zero attached hydrogens (tertiary/aromatic N) is 5. The lowest BCUT2D eigenvalue weighted by Crippen LogP contribution is -2.40. The van der Waals surface area contributed by atoms with Crippen LogP contribution in [0.25, 0.3) is 0 Å². The molecule has 6 heteroatoms. The number of piperidine rings is 1. The van der Waals surface area contributed by atoms with Crippen LogP contribution in [-0.2, 0) is 13.6 Å². The van der Waals surface area contributed by atoms with E-state index in [2.05, 4.69) is 22.2 Å². The summed E-state index contributed by atoms with van der Waals surface area (Å²) in [5.41, 5.74) is 1.68. The van der Waals surface area contributed by atoms with Crippen molar-refractivity contribution in [2.45, 2.75) is 25.3 Å². The first-order chi connectivity index (χ1) is 12.7. The Bertz CT molecular complexity index is 883. The number of benzene rings is 1. The topological polar surface area (TPSA) is 56.0 Å². The number of aromatic nitrogens is 4. The van der Waals surface area contributed by atoms with Crippen LogP contribution in [0.4, 0.5) is 0 Å². The molecule has 0 N–H and O–H groups in total. The number of likely N-dealkylation sites (tertiary alicyclic amines) is 1. The summed E-state index contributed by atoms with van der Waals surface area (Å²) in [5, 5.41) is 4.49. The summed E-state index contributed by atoms with van der Waals surface area (Å²) in [4.78, 5) is 19.3. The molecule has 0 saturated carbocycles. The molecule has 1 aliphatic rings. The number of rotatable bonds is 4. The first kappa shape index (κ1) is 16.6. The number of aryl methyl sites for hydroxylation is 1. The molecule has 0 spiro atoms. The van der Waals surface area contributed by atoms with Gasteiger partial charge in [0.05, 0.1) is 6.54 Å². The molecule has 1 unspecified atom stereocenters. The van der Waals surface area contributed by atoms with E-state index in [1.165, 1.54) is 5.56 Å². The molecule has 1 aliphatic heterocycles. The number of hydrogen-bond donors (Lipinski definition) is 0. The van der Waals surface area contributed by atoms with E-state index in [9.17, 15) is 4.79 Å². The third-order valence-corrected chi connectivity index (χ3v) is 4.98. The summed E-state index contributed by atoms with van der Waals surface area (Å²) in [6.07, 6.45) is 7.72. The van der Waals surface area contributed by atoms with Gasteiger partial charge in [0.2, 0.25) is 0 Å². The van der Waals surface area contributed by atoms with Crippen LogP contribution >= 0.6 is 0 Å². The van der Waals surface area contributed by atoms with Crippen molar-refractivity contribution in [3.63, 3.8) is 0 Å². The zero-order valence-corrected chi connectivity index (χ0v) is 15.0. The molecular formula is C20H23N5O. The predicted octanol–water partition coefficient (Wildman–Crippen LogP) is 2.68. The van der Waals surface area contributed by atoms with Crippen molar-refractivity contribution in [1.82, 2.24) is 24.2 Å². The first-order valence-corrected chi connectivity index (χ1v) is 9.04. The van der Waals surface area contributed by atoms with Crippen LogP contribution < -0.4 is 0 Å².